The summed E-state index contributed by atoms with van der Waals surface area (Å²) in [6.07, 6.45) is 3.06. The Morgan fingerprint density at radius 2 is 2.06 bits per heavy atom. The van der Waals surface area contributed by atoms with Gasteiger partial charge < -0.3 is 10.5 Å². The van der Waals surface area contributed by atoms with Gasteiger partial charge in [0.1, 0.15) is 5.75 Å². The molecule has 0 unspecified atom stereocenters. The van der Waals surface area contributed by atoms with Crippen LogP contribution in [0.4, 0.5) is 0 Å². The lowest BCUT2D eigenvalue weighted by Crippen LogP contribution is -2.12. The third-order valence-electron chi connectivity index (χ3n) is 2.13. The topological polar surface area (TPSA) is 102 Å². The summed E-state index contributed by atoms with van der Waals surface area (Å²) in [5.74, 6) is -0.347. The number of hydrogen-bond donors (Lipinski definition) is 1. The molecule has 0 saturated heterocycles. The molecule has 0 spiro atoms. The van der Waals surface area contributed by atoms with E-state index in [0.717, 1.165) is 0 Å². The Bertz CT molecular complexity index is 620. The minimum absolute atomic E-state index is 0.103. The number of primary amides is 1. The fourth-order valence-electron chi connectivity index (χ4n) is 1.33. The van der Waals surface area contributed by atoms with E-state index in [4.69, 9.17) is 15.7 Å². The largest absolute Gasteiger partial charge is 0.424 e. The number of carbonyl (C=O) groups is 1. The number of nitrogens with two attached hydrogens (primary N) is 1. The van der Waals surface area contributed by atoms with Crippen LogP contribution < -0.4 is 10.5 Å². The molecule has 0 aliphatic carbocycles. The summed E-state index contributed by atoms with van der Waals surface area (Å²) in [5.41, 5.74) is 5.48. The summed E-state index contributed by atoms with van der Waals surface area (Å²) in [6, 6.07) is 8.07. The van der Waals surface area contributed by atoms with Gasteiger partial charge in [-0.15, -0.1) is 0 Å². The van der Waals surface area contributed by atoms with Gasteiger partial charge in [0.05, 0.1) is 17.2 Å². The van der Waals surface area contributed by atoms with Crippen molar-refractivity contribution >= 4 is 5.91 Å². The number of hydrogen-bond acceptors (Lipinski definition) is 5. The third kappa shape index (κ3) is 2.41. The number of amides is 1. The molecule has 18 heavy (non-hydrogen) atoms. The highest BCUT2D eigenvalue weighted by atomic mass is 16.5. The number of carbonyl (C=O) groups excluding carboxylic acids is 1. The Balaban J connectivity index is 2.34. The predicted molar refractivity (Wildman–Crippen MR) is 61.8 cm³/mol. The molecule has 0 aliphatic rings. The molecule has 1 amide bonds. The lowest BCUT2D eigenvalue weighted by molar-refractivity contribution is 0.0999. The van der Waals surface area contributed by atoms with Crippen LogP contribution in [0.3, 0.4) is 0 Å². The molecule has 6 heteroatoms. The average molecular weight is 240 g/mol. The monoisotopic (exact) mass is 240 g/mol. The molecular weight excluding hydrogens is 232 g/mol. The molecular formula is C12H8N4O2. The van der Waals surface area contributed by atoms with Crippen LogP contribution in [-0.2, 0) is 0 Å². The van der Waals surface area contributed by atoms with Crippen molar-refractivity contribution in [2.45, 2.75) is 0 Å². The van der Waals surface area contributed by atoms with Gasteiger partial charge in [-0.1, -0.05) is 0 Å². The molecule has 1 aromatic carbocycles. The van der Waals surface area contributed by atoms with Gasteiger partial charge in [-0.2, -0.15) is 5.26 Å². The summed E-state index contributed by atoms with van der Waals surface area (Å²) in [6.45, 7) is 0. The Morgan fingerprint density at radius 3 is 2.67 bits per heavy atom. The van der Waals surface area contributed by atoms with Gasteiger partial charge in [-0.25, -0.2) is 9.97 Å². The predicted octanol–water partition coefficient (Wildman–Crippen LogP) is 1.24. The molecule has 1 aromatic heterocycles. The first-order valence-electron chi connectivity index (χ1n) is 4.99. The van der Waals surface area contributed by atoms with Gasteiger partial charge in [0.25, 0.3) is 0 Å². The number of benzene rings is 1. The Kier molecular flexibility index (Phi) is 3.16. The second-order valence-corrected chi connectivity index (χ2v) is 3.32. The van der Waals surface area contributed by atoms with E-state index in [1.165, 1.54) is 24.5 Å². The molecule has 1 heterocycles. The highest BCUT2D eigenvalue weighted by Gasteiger charge is 2.10. The molecule has 6 nitrogen and oxygen atoms in total. The molecule has 2 N–H and O–H groups in total. The lowest BCUT2D eigenvalue weighted by Gasteiger charge is -2.05. The molecule has 2 rings (SSSR count). The van der Waals surface area contributed by atoms with Gasteiger partial charge in [-0.05, 0) is 24.3 Å². The molecule has 0 bridgehead atoms. The van der Waals surface area contributed by atoms with Crippen molar-refractivity contribution in [3.8, 4) is 17.8 Å². The van der Waals surface area contributed by atoms with Crippen molar-refractivity contribution < 1.29 is 9.53 Å². The maximum Gasteiger partial charge on any atom is 0.321 e. The van der Waals surface area contributed by atoms with Gasteiger partial charge >= 0.3 is 6.01 Å². The van der Waals surface area contributed by atoms with E-state index >= 15 is 0 Å². The minimum atomic E-state index is -0.689. The Labute approximate surface area is 103 Å². The first kappa shape index (κ1) is 11.5. The van der Waals surface area contributed by atoms with Crippen LogP contribution in [0.1, 0.15) is 15.9 Å². The Hall–Kier alpha value is -2.94. The first-order chi connectivity index (χ1) is 8.70. The summed E-state index contributed by atoms with van der Waals surface area (Å²) in [5, 5.41) is 8.82. The van der Waals surface area contributed by atoms with E-state index < -0.39 is 5.91 Å². The van der Waals surface area contributed by atoms with Crippen LogP contribution in [0, 0.1) is 11.3 Å². The molecule has 0 atom stereocenters. The van der Waals surface area contributed by atoms with Crippen LogP contribution in [0.2, 0.25) is 0 Å². The average Bonchev–Trinajstić information content (AvgIpc) is 2.40. The van der Waals surface area contributed by atoms with E-state index in [9.17, 15) is 4.79 Å². The zero-order valence-electron chi connectivity index (χ0n) is 9.20. The van der Waals surface area contributed by atoms with Gasteiger partial charge in [-0.3, -0.25) is 4.79 Å². The number of aromatic nitrogens is 2. The summed E-state index contributed by atoms with van der Waals surface area (Å²) >= 11 is 0. The van der Waals surface area contributed by atoms with E-state index in [-0.39, 0.29) is 17.1 Å². The second kappa shape index (κ2) is 4.93. The van der Waals surface area contributed by atoms with Gasteiger partial charge in [0.2, 0.25) is 5.91 Å². The van der Waals surface area contributed by atoms with Crippen molar-refractivity contribution in [2.24, 2.45) is 5.73 Å². The van der Waals surface area contributed by atoms with E-state index in [2.05, 4.69) is 9.97 Å². The third-order valence-corrected chi connectivity index (χ3v) is 2.13. The summed E-state index contributed by atoms with van der Waals surface area (Å²) in [4.78, 5) is 18.9. The molecule has 0 fully saturated rings. The summed E-state index contributed by atoms with van der Waals surface area (Å²) < 4.78 is 5.33. The van der Waals surface area contributed by atoms with E-state index in [0.29, 0.717) is 5.75 Å². The molecule has 88 valence electrons. The van der Waals surface area contributed by atoms with Crippen LogP contribution in [0.25, 0.3) is 0 Å². The van der Waals surface area contributed by atoms with Gasteiger partial charge in [0.15, 0.2) is 0 Å². The van der Waals surface area contributed by atoms with Crippen LogP contribution in [0.5, 0.6) is 11.8 Å². The highest BCUT2D eigenvalue weighted by Crippen LogP contribution is 2.20. The second-order valence-electron chi connectivity index (χ2n) is 3.32. The van der Waals surface area contributed by atoms with Crippen molar-refractivity contribution in [1.82, 2.24) is 9.97 Å². The standard InChI is InChI=1S/C12H8N4O2/c13-7-8-2-3-9(6-10(8)11(14)17)18-12-15-4-1-5-16-12/h1-6H,(H2,14,17). The van der Waals surface area contributed by atoms with Crippen LogP contribution in [0.15, 0.2) is 36.7 Å². The molecule has 0 radical (unpaired) electrons. The number of ether oxygens (including phenoxy) is 1. The SMILES string of the molecule is N#Cc1ccc(Oc2ncccn2)cc1C(N)=O. The lowest BCUT2D eigenvalue weighted by atomic mass is 10.1. The normalized spacial score (nSPS) is 9.50. The number of rotatable bonds is 3. The van der Waals surface area contributed by atoms with Crippen molar-refractivity contribution in [2.75, 3.05) is 0 Å². The molecule has 0 aliphatic heterocycles. The van der Waals surface area contributed by atoms with Crippen molar-refractivity contribution in [3.63, 3.8) is 0 Å². The maximum atomic E-state index is 11.2. The fraction of sp³-hybridized carbons (Fsp3) is 0. The smallest absolute Gasteiger partial charge is 0.321 e. The quantitative estimate of drug-likeness (QED) is 0.869. The Morgan fingerprint density at radius 1 is 1.33 bits per heavy atom. The fourth-order valence-corrected chi connectivity index (χ4v) is 1.33. The van der Waals surface area contributed by atoms with Crippen molar-refractivity contribution in [3.05, 3.63) is 47.8 Å². The molecule has 2 aromatic rings. The van der Waals surface area contributed by atoms with E-state index in [1.807, 2.05) is 6.07 Å². The number of nitrogens with zero attached hydrogens (tertiary/aromatic N) is 3. The van der Waals surface area contributed by atoms with Crippen LogP contribution in [-0.4, -0.2) is 15.9 Å². The van der Waals surface area contributed by atoms with Gasteiger partial charge in [0, 0.05) is 12.4 Å². The first-order valence-corrected chi connectivity index (χ1v) is 4.99. The maximum absolute atomic E-state index is 11.2. The van der Waals surface area contributed by atoms with Crippen molar-refractivity contribution in [1.29, 1.82) is 5.26 Å². The van der Waals surface area contributed by atoms with E-state index in [1.54, 1.807) is 12.1 Å². The zero-order chi connectivity index (χ0) is 13.0. The zero-order valence-corrected chi connectivity index (χ0v) is 9.20. The summed E-state index contributed by atoms with van der Waals surface area (Å²) in [7, 11) is 0. The highest BCUT2D eigenvalue weighted by molar-refractivity contribution is 5.95. The minimum Gasteiger partial charge on any atom is -0.424 e. The molecule has 0 saturated carbocycles. The number of nitriles is 1. The van der Waals surface area contributed by atoms with Crippen LogP contribution >= 0.6 is 0 Å².